The van der Waals surface area contributed by atoms with E-state index in [1.807, 2.05) is 29.6 Å². The molecular weight excluding hydrogens is 326 g/mol. The second-order valence-electron chi connectivity index (χ2n) is 7.15. The molecule has 1 fully saturated rings. The van der Waals surface area contributed by atoms with Crippen LogP contribution in [0.25, 0.3) is 0 Å². The van der Waals surface area contributed by atoms with E-state index in [1.165, 1.54) is 19.3 Å². The van der Waals surface area contributed by atoms with Gasteiger partial charge in [0.2, 0.25) is 0 Å². The number of rotatable bonds is 7. The molecule has 0 saturated heterocycles. The minimum absolute atomic E-state index is 0.0477. The highest BCUT2D eigenvalue weighted by molar-refractivity contribution is 5.74. The smallest absolute Gasteiger partial charge is 0.317 e. The summed E-state index contributed by atoms with van der Waals surface area (Å²) in [6, 6.07) is 4.68. The standard InChI is InChI=1S/C20H29N5O/c1-17(24-14-13-22-16-24)7-12-23-20(26)25(19-5-3-2-4-6-19)15-18-8-10-21-11-9-18/h8-11,13-14,16-17,19H,2-7,12,15H2,1H3,(H,23,26)/t17-/m1/s1. The van der Waals surface area contributed by atoms with Crippen LogP contribution >= 0.6 is 0 Å². The maximum atomic E-state index is 12.9. The fraction of sp³-hybridized carbons (Fsp3) is 0.550. The number of aromatic nitrogens is 3. The van der Waals surface area contributed by atoms with Crippen LogP contribution in [-0.2, 0) is 6.54 Å². The Morgan fingerprint density at radius 3 is 2.69 bits per heavy atom. The highest BCUT2D eigenvalue weighted by atomic mass is 16.2. The lowest BCUT2D eigenvalue weighted by molar-refractivity contribution is 0.150. The Kier molecular flexibility index (Phi) is 6.63. The molecule has 0 aromatic carbocycles. The minimum Gasteiger partial charge on any atom is -0.338 e. The zero-order valence-corrected chi connectivity index (χ0v) is 15.6. The Morgan fingerprint density at radius 1 is 1.23 bits per heavy atom. The number of hydrogen-bond acceptors (Lipinski definition) is 3. The molecule has 1 aliphatic rings. The predicted molar refractivity (Wildman–Crippen MR) is 102 cm³/mol. The molecule has 1 N–H and O–H groups in total. The summed E-state index contributed by atoms with van der Waals surface area (Å²) in [5, 5.41) is 3.13. The molecule has 0 radical (unpaired) electrons. The number of urea groups is 1. The molecule has 0 aliphatic heterocycles. The van der Waals surface area contributed by atoms with Crippen molar-refractivity contribution in [2.75, 3.05) is 6.54 Å². The highest BCUT2D eigenvalue weighted by Crippen LogP contribution is 2.24. The number of imidazole rings is 1. The first-order valence-electron chi connectivity index (χ1n) is 9.65. The average molecular weight is 355 g/mol. The van der Waals surface area contributed by atoms with E-state index in [0.29, 0.717) is 25.2 Å². The monoisotopic (exact) mass is 355 g/mol. The third kappa shape index (κ3) is 5.07. The summed E-state index contributed by atoms with van der Waals surface area (Å²) in [5.41, 5.74) is 1.13. The summed E-state index contributed by atoms with van der Waals surface area (Å²) in [6.45, 7) is 3.46. The molecule has 0 bridgehead atoms. The van der Waals surface area contributed by atoms with Gasteiger partial charge in [-0.15, -0.1) is 0 Å². The fourth-order valence-corrected chi connectivity index (χ4v) is 3.61. The molecule has 1 saturated carbocycles. The van der Waals surface area contributed by atoms with Crippen LogP contribution in [0.1, 0.15) is 57.1 Å². The molecule has 26 heavy (non-hydrogen) atoms. The van der Waals surface area contributed by atoms with Gasteiger partial charge in [-0.05, 0) is 43.9 Å². The molecule has 2 heterocycles. The van der Waals surface area contributed by atoms with Crippen LogP contribution in [0.3, 0.4) is 0 Å². The van der Waals surface area contributed by atoms with E-state index in [9.17, 15) is 4.79 Å². The lowest BCUT2D eigenvalue weighted by Gasteiger charge is -2.34. The molecule has 3 rings (SSSR count). The average Bonchev–Trinajstić information content (AvgIpc) is 3.22. The van der Waals surface area contributed by atoms with Gasteiger partial charge in [0.25, 0.3) is 0 Å². The molecule has 140 valence electrons. The number of nitrogens with zero attached hydrogens (tertiary/aromatic N) is 4. The van der Waals surface area contributed by atoms with Gasteiger partial charge in [0.05, 0.1) is 6.33 Å². The first-order valence-corrected chi connectivity index (χ1v) is 9.65. The quantitative estimate of drug-likeness (QED) is 0.822. The van der Waals surface area contributed by atoms with Crippen molar-refractivity contribution in [3.05, 3.63) is 48.8 Å². The van der Waals surface area contributed by atoms with Crippen LogP contribution in [0, 0.1) is 0 Å². The van der Waals surface area contributed by atoms with E-state index in [1.54, 1.807) is 18.6 Å². The minimum atomic E-state index is 0.0477. The molecule has 1 atom stereocenters. The second kappa shape index (κ2) is 9.36. The van der Waals surface area contributed by atoms with Crippen LogP contribution in [0.2, 0.25) is 0 Å². The lowest BCUT2D eigenvalue weighted by Crippen LogP contribution is -2.46. The maximum absolute atomic E-state index is 12.9. The molecule has 2 aromatic heterocycles. The number of carbonyl (C=O) groups is 1. The predicted octanol–water partition coefficient (Wildman–Crippen LogP) is 3.77. The number of pyridine rings is 1. The molecule has 2 aromatic rings. The maximum Gasteiger partial charge on any atom is 0.317 e. The molecule has 0 spiro atoms. The van der Waals surface area contributed by atoms with Crippen molar-refractivity contribution in [3.63, 3.8) is 0 Å². The van der Waals surface area contributed by atoms with Crippen molar-refractivity contribution in [2.45, 2.75) is 64.1 Å². The number of nitrogens with one attached hydrogen (secondary N) is 1. The SMILES string of the molecule is C[C@H](CCNC(=O)N(Cc1ccncc1)C1CCCCC1)n1ccnc1. The van der Waals surface area contributed by atoms with Gasteiger partial charge in [-0.25, -0.2) is 9.78 Å². The van der Waals surface area contributed by atoms with E-state index in [2.05, 4.69) is 26.8 Å². The summed E-state index contributed by atoms with van der Waals surface area (Å²) >= 11 is 0. The van der Waals surface area contributed by atoms with Crippen molar-refractivity contribution in [1.29, 1.82) is 0 Å². The van der Waals surface area contributed by atoms with Gasteiger partial charge in [-0.2, -0.15) is 0 Å². The van der Waals surface area contributed by atoms with Crippen LogP contribution in [0.15, 0.2) is 43.2 Å². The van der Waals surface area contributed by atoms with Gasteiger partial charge in [0, 0.05) is 50.0 Å². The van der Waals surface area contributed by atoms with Crippen LogP contribution < -0.4 is 5.32 Å². The molecule has 6 nitrogen and oxygen atoms in total. The van der Waals surface area contributed by atoms with Gasteiger partial charge in [-0.1, -0.05) is 19.3 Å². The van der Waals surface area contributed by atoms with Gasteiger partial charge in [-0.3, -0.25) is 4.98 Å². The van der Waals surface area contributed by atoms with E-state index in [4.69, 9.17) is 0 Å². The second-order valence-corrected chi connectivity index (χ2v) is 7.15. The molecule has 1 aliphatic carbocycles. The normalized spacial score (nSPS) is 16.2. The third-order valence-corrected chi connectivity index (χ3v) is 5.25. The van der Waals surface area contributed by atoms with Crippen LogP contribution in [0.4, 0.5) is 4.79 Å². The van der Waals surface area contributed by atoms with Crippen molar-refractivity contribution in [1.82, 2.24) is 24.8 Å². The Morgan fingerprint density at radius 2 is 2.00 bits per heavy atom. The van der Waals surface area contributed by atoms with E-state index in [-0.39, 0.29) is 6.03 Å². The van der Waals surface area contributed by atoms with Gasteiger partial charge < -0.3 is 14.8 Å². The number of amides is 2. The summed E-state index contributed by atoms with van der Waals surface area (Å²) in [6.07, 6.45) is 15.9. The summed E-state index contributed by atoms with van der Waals surface area (Å²) in [5.74, 6) is 0. The summed E-state index contributed by atoms with van der Waals surface area (Å²) < 4.78 is 2.07. The molecule has 6 heteroatoms. The Balaban J connectivity index is 1.57. The Bertz CT molecular complexity index is 652. The van der Waals surface area contributed by atoms with Crippen molar-refractivity contribution < 1.29 is 4.79 Å². The molecule has 2 amide bonds. The van der Waals surface area contributed by atoms with E-state index >= 15 is 0 Å². The number of carbonyl (C=O) groups excluding carboxylic acids is 1. The molecular formula is C20H29N5O. The van der Waals surface area contributed by atoms with Crippen LogP contribution in [0.5, 0.6) is 0 Å². The van der Waals surface area contributed by atoms with Gasteiger partial charge in [0.1, 0.15) is 0 Å². The first-order chi connectivity index (χ1) is 12.7. The fourth-order valence-electron chi connectivity index (χ4n) is 3.61. The first kappa shape index (κ1) is 18.4. The topological polar surface area (TPSA) is 63.1 Å². The van der Waals surface area contributed by atoms with Crippen molar-refractivity contribution in [2.24, 2.45) is 0 Å². The summed E-state index contributed by atoms with van der Waals surface area (Å²) in [4.78, 5) is 23.1. The Hall–Kier alpha value is -2.37. The third-order valence-electron chi connectivity index (χ3n) is 5.25. The molecule has 0 unspecified atom stereocenters. The van der Waals surface area contributed by atoms with Crippen molar-refractivity contribution in [3.8, 4) is 0 Å². The number of hydrogen-bond donors (Lipinski definition) is 1. The largest absolute Gasteiger partial charge is 0.338 e. The zero-order valence-electron chi connectivity index (χ0n) is 15.6. The zero-order chi connectivity index (χ0) is 18.2. The van der Waals surface area contributed by atoms with Gasteiger partial charge >= 0.3 is 6.03 Å². The van der Waals surface area contributed by atoms with Gasteiger partial charge in [0.15, 0.2) is 0 Å². The van der Waals surface area contributed by atoms with E-state index in [0.717, 1.165) is 24.8 Å². The summed E-state index contributed by atoms with van der Waals surface area (Å²) in [7, 11) is 0. The lowest BCUT2D eigenvalue weighted by atomic mass is 9.94. The van der Waals surface area contributed by atoms with E-state index < -0.39 is 0 Å². The van der Waals surface area contributed by atoms with Crippen molar-refractivity contribution >= 4 is 6.03 Å². The van der Waals surface area contributed by atoms with Crippen LogP contribution in [-0.4, -0.2) is 38.1 Å². The highest BCUT2D eigenvalue weighted by Gasteiger charge is 2.25. The Labute approximate surface area is 155 Å².